The first-order chi connectivity index (χ1) is 31.9. The number of sulfone groups is 2. The fraction of sp³-hybridized carbons (Fsp3) is 0.426. The maximum atomic E-state index is 13.9. The molecule has 4 aliphatic heterocycles. The maximum Gasteiger partial charge on any atom is 0.410 e. The largest absolute Gasteiger partial charge is 0.444 e. The summed E-state index contributed by atoms with van der Waals surface area (Å²) >= 11 is 0. The average molecular weight is 965 g/mol. The van der Waals surface area contributed by atoms with E-state index in [1.54, 1.807) is 51.1 Å². The number of carbonyl (C=O) groups excluding carboxylic acids is 3. The Hall–Kier alpha value is -5.57. The van der Waals surface area contributed by atoms with Gasteiger partial charge in [-0.15, -0.1) is 0 Å². The molecule has 0 unspecified atom stereocenters. The summed E-state index contributed by atoms with van der Waals surface area (Å²) in [5.74, 6) is -0.00915. The van der Waals surface area contributed by atoms with Crippen molar-refractivity contribution in [1.82, 2.24) is 20.0 Å². The number of rotatable bonds is 8. The van der Waals surface area contributed by atoms with E-state index in [9.17, 15) is 31.2 Å². The first-order valence-electron chi connectivity index (χ1n) is 23.5. The van der Waals surface area contributed by atoms with Crippen molar-refractivity contribution >= 4 is 48.7 Å². The van der Waals surface area contributed by atoms with Crippen molar-refractivity contribution in [3.05, 3.63) is 143 Å². The van der Waals surface area contributed by atoms with E-state index in [0.29, 0.717) is 78.6 Å². The van der Waals surface area contributed by atoms with Crippen LogP contribution >= 0.6 is 0 Å². The molecule has 14 heteroatoms. The molecule has 4 aromatic rings. The van der Waals surface area contributed by atoms with Gasteiger partial charge < -0.3 is 24.8 Å². The van der Waals surface area contributed by atoms with Crippen LogP contribution in [0.1, 0.15) is 125 Å². The zero-order valence-electron chi connectivity index (χ0n) is 39.8. The molecule has 364 valence electrons. The second-order valence-electron chi connectivity index (χ2n) is 18.6. The van der Waals surface area contributed by atoms with Crippen LogP contribution in [0.3, 0.4) is 0 Å². The van der Waals surface area contributed by atoms with Gasteiger partial charge in [0.1, 0.15) is 5.60 Å². The quantitative estimate of drug-likeness (QED) is 0.182. The average Bonchev–Trinajstić information content (AvgIpc) is 3.33. The number of hydrogen-bond acceptors (Lipinski definition) is 9. The summed E-state index contributed by atoms with van der Waals surface area (Å²) < 4.78 is 58.4. The SMILES string of the molecule is C.CCN(CC)C(=O)c1ccc(C2=CC3(CCN(C(=O)OC(C)(C)C)CC3)S(=O)(=O)c3ccccc32)cc1.CCN(CC)C(=O)c1ccc(C2=CC3(CCNCC3)S(=O)(=O)c3ccccc32)cc1. The fourth-order valence-electron chi connectivity index (χ4n) is 9.64. The highest BCUT2D eigenvalue weighted by molar-refractivity contribution is 7.93. The van der Waals surface area contributed by atoms with Gasteiger partial charge in [-0.05, 0) is 146 Å². The van der Waals surface area contributed by atoms with E-state index in [1.807, 2.05) is 121 Å². The molecule has 0 saturated carbocycles. The van der Waals surface area contributed by atoms with Crippen molar-refractivity contribution < 1.29 is 36.0 Å². The molecule has 8 rings (SSSR count). The summed E-state index contributed by atoms with van der Waals surface area (Å²) in [4.78, 5) is 43.9. The van der Waals surface area contributed by atoms with Crippen LogP contribution in [0.25, 0.3) is 11.1 Å². The van der Waals surface area contributed by atoms with Crippen LogP contribution in [0, 0.1) is 0 Å². The normalized spacial score (nSPS) is 18.2. The maximum absolute atomic E-state index is 13.9. The van der Waals surface area contributed by atoms with Crippen LogP contribution < -0.4 is 5.32 Å². The number of likely N-dealkylation sites (tertiary alicyclic amines) is 1. The molecule has 0 atom stereocenters. The number of amides is 3. The lowest BCUT2D eigenvalue weighted by Crippen LogP contribution is -2.51. The Labute approximate surface area is 404 Å². The topological polar surface area (TPSA) is 150 Å². The molecule has 0 bridgehead atoms. The second kappa shape index (κ2) is 20.6. The summed E-state index contributed by atoms with van der Waals surface area (Å²) in [7, 11) is -7.15. The van der Waals surface area contributed by atoms with E-state index < -0.39 is 40.9 Å². The number of piperidine rings is 2. The monoisotopic (exact) mass is 964 g/mol. The molecule has 12 nitrogen and oxygen atoms in total. The van der Waals surface area contributed by atoms with Crippen LogP contribution in [0.5, 0.6) is 0 Å². The molecule has 4 heterocycles. The Balaban J connectivity index is 0.000000225. The molecule has 2 spiro atoms. The van der Waals surface area contributed by atoms with Crippen molar-refractivity contribution in [2.45, 2.75) is 106 Å². The summed E-state index contributed by atoms with van der Waals surface area (Å²) in [5.41, 5.74) is 5.59. The van der Waals surface area contributed by atoms with E-state index >= 15 is 0 Å². The van der Waals surface area contributed by atoms with Gasteiger partial charge in [0.15, 0.2) is 19.7 Å². The molecular weight excluding hydrogens is 897 g/mol. The molecule has 2 saturated heterocycles. The van der Waals surface area contributed by atoms with Crippen molar-refractivity contribution in [2.24, 2.45) is 0 Å². The molecule has 4 aliphatic rings. The third-order valence-electron chi connectivity index (χ3n) is 13.5. The van der Waals surface area contributed by atoms with Gasteiger partial charge in [0.2, 0.25) is 0 Å². The van der Waals surface area contributed by atoms with Gasteiger partial charge in [-0.3, -0.25) is 9.59 Å². The van der Waals surface area contributed by atoms with E-state index in [0.717, 1.165) is 27.8 Å². The predicted molar refractivity (Wildman–Crippen MR) is 270 cm³/mol. The Bertz CT molecular complexity index is 2770. The molecule has 2 fully saturated rings. The van der Waals surface area contributed by atoms with Crippen molar-refractivity contribution in [3.63, 3.8) is 0 Å². The van der Waals surface area contributed by atoms with Gasteiger partial charge in [0.25, 0.3) is 11.8 Å². The van der Waals surface area contributed by atoms with Gasteiger partial charge in [-0.1, -0.05) is 80.2 Å². The van der Waals surface area contributed by atoms with Crippen molar-refractivity contribution in [1.29, 1.82) is 0 Å². The minimum atomic E-state index is -3.69. The summed E-state index contributed by atoms with van der Waals surface area (Å²) in [6.07, 6.45) is 5.10. The number of carbonyl (C=O) groups is 3. The van der Waals surface area contributed by atoms with Crippen LogP contribution in [0.15, 0.2) is 119 Å². The van der Waals surface area contributed by atoms with E-state index in [-0.39, 0.29) is 45.2 Å². The Morgan fingerprint density at radius 3 is 1.32 bits per heavy atom. The molecule has 1 N–H and O–H groups in total. The third kappa shape index (κ3) is 9.82. The van der Waals surface area contributed by atoms with Gasteiger partial charge >= 0.3 is 6.09 Å². The molecule has 3 amide bonds. The highest BCUT2D eigenvalue weighted by Crippen LogP contribution is 2.48. The highest BCUT2D eigenvalue weighted by Gasteiger charge is 2.50. The molecule has 0 aliphatic carbocycles. The lowest BCUT2D eigenvalue weighted by Gasteiger charge is -2.42. The molecule has 4 aromatic carbocycles. The van der Waals surface area contributed by atoms with Gasteiger partial charge in [-0.2, -0.15) is 0 Å². The Kier molecular flexibility index (Phi) is 15.7. The first-order valence-corrected chi connectivity index (χ1v) is 26.4. The predicted octanol–water partition coefficient (Wildman–Crippen LogP) is 9.30. The Morgan fingerprint density at radius 2 is 0.956 bits per heavy atom. The third-order valence-corrected chi connectivity index (χ3v) is 18.6. The minimum absolute atomic E-state index is 0. The first kappa shape index (κ1) is 51.8. The van der Waals surface area contributed by atoms with E-state index in [4.69, 9.17) is 4.74 Å². The number of ether oxygens (including phenoxy) is 1. The highest BCUT2D eigenvalue weighted by atomic mass is 32.2. The van der Waals surface area contributed by atoms with Gasteiger partial charge in [0.05, 0.1) is 19.3 Å². The molecule has 0 radical (unpaired) electrons. The van der Waals surface area contributed by atoms with Crippen LogP contribution in [0.2, 0.25) is 0 Å². The summed E-state index contributed by atoms with van der Waals surface area (Å²) in [6.45, 7) is 17.8. The number of nitrogens with zero attached hydrogens (tertiary/aromatic N) is 3. The molecular formula is C54H68N4O8S2. The zero-order chi connectivity index (χ0) is 48.4. The lowest BCUT2D eigenvalue weighted by molar-refractivity contribution is 0.0204. The van der Waals surface area contributed by atoms with Crippen molar-refractivity contribution in [3.8, 4) is 0 Å². The Morgan fingerprint density at radius 1 is 0.588 bits per heavy atom. The number of nitrogens with one attached hydrogen (secondary N) is 1. The van der Waals surface area contributed by atoms with Crippen LogP contribution in [0.4, 0.5) is 4.79 Å². The van der Waals surface area contributed by atoms with Gasteiger partial charge in [-0.25, -0.2) is 21.6 Å². The molecule has 68 heavy (non-hydrogen) atoms. The fourth-order valence-corrected chi connectivity index (χ4v) is 14.0. The number of benzene rings is 4. The van der Waals surface area contributed by atoms with Crippen molar-refractivity contribution in [2.75, 3.05) is 52.4 Å². The van der Waals surface area contributed by atoms with Crippen LogP contribution in [-0.2, 0) is 24.4 Å². The minimum Gasteiger partial charge on any atom is -0.444 e. The zero-order valence-corrected chi connectivity index (χ0v) is 41.4. The van der Waals surface area contributed by atoms with Crippen LogP contribution in [-0.4, -0.2) is 117 Å². The lowest BCUT2D eigenvalue weighted by atomic mass is 9.87. The van der Waals surface area contributed by atoms with Gasteiger partial charge in [0, 0.05) is 61.5 Å². The summed E-state index contributed by atoms with van der Waals surface area (Å²) in [6, 6.07) is 29.3. The number of hydrogen-bond donors (Lipinski definition) is 1. The second-order valence-corrected chi connectivity index (χ2v) is 23.1. The van der Waals surface area contributed by atoms with E-state index in [1.165, 1.54) is 0 Å². The molecule has 0 aromatic heterocycles. The smallest absolute Gasteiger partial charge is 0.410 e. The standard InChI is InChI=1S/C29H36N2O5S.C24H28N2O3S.CH4/c1-6-30(7-2)26(32)22-14-12-21(13-15-22)24-20-29(37(34,35)25-11-9-8-10-23(24)25)16-18-31(19-17-29)27(33)36-28(3,4)5;1-3-26(4-2)23(27)19-11-9-18(10-12-19)21-17-24(13-15-25-16-14-24)30(28,29)22-8-6-5-7-20(21)22;/h8-15,20H,6-7,16-19H2,1-5H3;5-12,17,25H,3-4,13-16H2,1-2H3;1H4. The summed E-state index contributed by atoms with van der Waals surface area (Å²) in [5, 5.41) is 3.28. The number of fused-ring (bicyclic) bond motifs is 2. The van der Waals surface area contributed by atoms with E-state index in [2.05, 4.69) is 5.32 Å².